The minimum absolute atomic E-state index is 0.0941. The number of rotatable bonds is 3. The quantitative estimate of drug-likeness (QED) is 0.661. The van der Waals surface area contributed by atoms with E-state index in [0.29, 0.717) is 26.3 Å². The summed E-state index contributed by atoms with van der Waals surface area (Å²) in [5, 5.41) is 1.24. The lowest BCUT2D eigenvalue weighted by Crippen LogP contribution is -2.04. The number of carbonyl (C=O) groups is 1. The maximum atomic E-state index is 12.1. The average molecular weight is 315 g/mol. The Balaban J connectivity index is 2.23. The van der Waals surface area contributed by atoms with Gasteiger partial charge in [0.15, 0.2) is 5.78 Å². The number of ketones is 1. The zero-order valence-electron chi connectivity index (χ0n) is 9.79. The molecule has 0 aromatic heterocycles. The molecule has 2 aromatic rings. The van der Waals surface area contributed by atoms with Crippen LogP contribution >= 0.6 is 34.8 Å². The molecule has 0 unspecified atom stereocenters. The second-order valence-electron chi connectivity index (χ2n) is 4.09. The molecule has 0 atom stereocenters. The molecule has 0 aliphatic rings. The van der Waals surface area contributed by atoms with E-state index in [1.807, 2.05) is 0 Å². The van der Waals surface area contributed by atoms with Crippen LogP contribution in [0.15, 0.2) is 36.4 Å². The van der Waals surface area contributed by atoms with Gasteiger partial charge in [0.2, 0.25) is 0 Å². The van der Waals surface area contributed by atoms with Gasteiger partial charge in [0, 0.05) is 17.7 Å². The number of nitrogen functional groups attached to an aromatic ring is 1. The van der Waals surface area contributed by atoms with Gasteiger partial charge in [-0.1, -0.05) is 40.9 Å². The topological polar surface area (TPSA) is 43.1 Å². The number of nitrogens with two attached hydrogens (primary N) is 1. The zero-order valence-corrected chi connectivity index (χ0v) is 12.1. The van der Waals surface area contributed by atoms with Gasteiger partial charge < -0.3 is 5.73 Å². The lowest BCUT2D eigenvalue weighted by molar-refractivity contribution is 0.0993. The van der Waals surface area contributed by atoms with Crippen molar-refractivity contribution in [2.75, 3.05) is 5.73 Å². The summed E-state index contributed by atoms with van der Waals surface area (Å²) in [6, 6.07) is 9.93. The lowest BCUT2D eigenvalue weighted by atomic mass is 10.0. The van der Waals surface area contributed by atoms with Crippen molar-refractivity contribution < 1.29 is 4.79 Å². The zero-order chi connectivity index (χ0) is 14.0. The summed E-state index contributed by atoms with van der Waals surface area (Å²) >= 11 is 17.7. The molecule has 5 heteroatoms. The Morgan fingerprint density at radius 2 is 1.68 bits per heavy atom. The van der Waals surface area contributed by atoms with Crippen LogP contribution in [0.1, 0.15) is 15.9 Å². The van der Waals surface area contributed by atoms with E-state index in [1.165, 1.54) is 0 Å². The highest BCUT2D eigenvalue weighted by atomic mass is 35.5. The number of anilines is 1. The van der Waals surface area contributed by atoms with E-state index >= 15 is 0 Å². The molecule has 0 aliphatic carbocycles. The van der Waals surface area contributed by atoms with Crippen LogP contribution in [0.2, 0.25) is 15.1 Å². The van der Waals surface area contributed by atoms with Crippen LogP contribution in [0, 0.1) is 0 Å². The van der Waals surface area contributed by atoms with Crippen LogP contribution in [0.4, 0.5) is 5.69 Å². The third-order valence-corrected chi connectivity index (χ3v) is 3.69. The van der Waals surface area contributed by atoms with Gasteiger partial charge in [0.1, 0.15) is 0 Å². The Kier molecular flexibility index (Phi) is 4.35. The van der Waals surface area contributed by atoms with E-state index < -0.39 is 0 Å². The largest absolute Gasteiger partial charge is 0.399 e. The Morgan fingerprint density at radius 1 is 0.947 bits per heavy atom. The second-order valence-corrected chi connectivity index (χ2v) is 5.31. The molecule has 0 radical (unpaired) electrons. The van der Waals surface area contributed by atoms with Crippen molar-refractivity contribution in [1.29, 1.82) is 0 Å². The first-order chi connectivity index (χ1) is 8.97. The molecule has 98 valence electrons. The second kappa shape index (κ2) is 5.83. The van der Waals surface area contributed by atoms with Crippen molar-refractivity contribution in [2.24, 2.45) is 0 Å². The number of carbonyl (C=O) groups excluding carboxylic acids is 1. The fourth-order valence-electron chi connectivity index (χ4n) is 1.69. The van der Waals surface area contributed by atoms with Crippen molar-refractivity contribution in [3.63, 3.8) is 0 Å². The number of halogens is 3. The van der Waals surface area contributed by atoms with Gasteiger partial charge in [0.05, 0.1) is 15.1 Å². The first kappa shape index (κ1) is 14.2. The molecule has 0 bridgehead atoms. The monoisotopic (exact) mass is 313 g/mol. The summed E-state index contributed by atoms with van der Waals surface area (Å²) in [4.78, 5) is 12.1. The third-order valence-electron chi connectivity index (χ3n) is 2.64. The first-order valence-corrected chi connectivity index (χ1v) is 6.63. The Bertz CT molecular complexity index is 641. The molecular formula is C14H10Cl3NO. The van der Waals surface area contributed by atoms with E-state index in [1.54, 1.807) is 36.4 Å². The number of benzene rings is 2. The van der Waals surface area contributed by atoms with Crippen LogP contribution in [-0.2, 0) is 6.42 Å². The predicted octanol–water partition coefficient (Wildman–Crippen LogP) is 4.65. The molecule has 2 N–H and O–H groups in total. The maximum absolute atomic E-state index is 12.1. The highest BCUT2D eigenvalue weighted by Gasteiger charge is 2.12. The van der Waals surface area contributed by atoms with Gasteiger partial charge in [-0.05, 0) is 35.9 Å². The highest BCUT2D eigenvalue weighted by Crippen LogP contribution is 2.25. The summed E-state index contributed by atoms with van der Waals surface area (Å²) in [5.74, 6) is -0.0941. The molecular weight excluding hydrogens is 305 g/mol. The van der Waals surface area contributed by atoms with E-state index in [2.05, 4.69) is 0 Å². The normalized spacial score (nSPS) is 10.5. The molecule has 19 heavy (non-hydrogen) atoms. The van der Waals surface area contributed by atoms with Gasteiger partial charge >= 0.3 is 0 Å². The molecule has 0 amide bonds. The maximum Gasteiger partial charge on any atom is 0.168 e. The van der Waals surface area contributed by atoms with Gasteiger partial charge in [-0.3, -0.25) is 4.79 Å². The van der Waals surface area contributed by atoms with Crippen molar-refractivity contribution in [3.05, 3.63) is 62.6 Å². The first-order valence-electron chi connectivity index (χ1n) is 5.49. The minimum atomic E-state index is -0.0941. The number of Topliss-reactive ketones (excluding diaryl/α,β-unsaturated/α-hetero) is 1. The summed E-state index contributed by atoms with van der Waals surface area (Å²) in [5.41, 5.74) is 7.34. The molecule has 0 fully saturated rings. The highest BCUT2D eigenvalue weighted by molar-refractivity contribution is 6.42. The van der Waals surface area contributed by atoms with E-state index in [0.717, 1.165) is 5.56 Å². The smallest absolute Gasteiger partial charge is 0.168 e. The Hall–Kier alpha value is -1.22. The Morgan fingerprint density at radius 3 is 2.32 bits per heavy atom. The molecule has 0 spiro atoms. The molecule has 2 nitrogen and oxygen atoms in total. The van der Waals surface area contributed by atoms with Gasteiger partial charge in [-0.25, -0.2) is 0 Å². The fourth-order valence-corrected chi connectivity index (χ4v) is 2.30. The Labute approximate surface area is 126 Å². The molecule has 2 aromatic carbocycles. The number of hydrogen-bond acceptors (Lipinski definition) is 2. The van der Waals surface area contributed by atoms with E-state index in [9.17, 15) is 4.79 Å². The van der Waals surface area contributed by atoms with Crippen LogP contribution in [-0.4, -0.2) is 5.78 Å². The summed E-state index contributed by atoms with van der Waals surface area (Å²) in [6.07, 6.45) is 0.209. The summed E-state index contributed by atoms with van der Waals surface area (Å²) < 4.78 is 0. The summed E-state index contributed by atoms with van der Waals surface area (Å²) in [6.45, 7) is 0. The van der Waals surface area contributed by atoms with E-state index in [4.69, 9.17) is 40.5 Å². The van der Waals surface area contributed by atoms with Crippen LogP contribution in [0.5, 0.6) is 0 Å². The standard InChI is InChI=1S/C14H10Cl3NO/c15-11-4-1-8(5-13(11)17)6-14(19)10-3-2-9(18)7-12(10)16/h1-5,7H,6,18H2. The lowest BCUT2D eigenvalue weighted by Gasteiger charge is -2.06. The van der Waals surface area contributed by atoms with E-state index in [-0.39, 0.29) is 12.2 Å². The van der Waals surface area contributed by atoms with Crippen molar-refractivity contribution in [2.45, 2.75) is 6.42 Å². The van der Waals surface area contributed by atoms with Crippen LogP contribution < -0.4 is 5.73 Å². The number of hydrogen-bond donors (Lipinski definition) is 1. The molecule has 0 saturated heterocycles. The fraction of sp³-hybridized carbons (Fsp3) is 0.0714. The van der Waals surface area contributed by atoms with Gasteiger partial charge in [0.25, 0.3) is 0 Å². The predicted molar refractivity (Wildman–Crippen MR) is 80.4 cm³/mol. The molecule has 2 rings (SSSR count). The molecule has 0 saturated carbocycles. The average Bonchev–Trinajstić information content (AvgIpc) is 2.33. The molecule has 0 aliphatic heterocycles. The van der Waals surface area contributed by atoms with Gasteiger partial charge in [-0.2, -0.15) is 0 Å². The van der Waals surface area contributed by atoms with Crippen LogP contribution in [0.3, 0.4) is 0 Å². The molecule has 0 heterocycles. The summed E-state index contributed by atoms with van der Waals surface area (Å²) in [7, 11) is 0. The van der Waals surface area contributed by atoms with Crippen molar-refractivity contribution in [3.8, 4) is 0 Å². The van der Waals surface area contributed by atoms with Gasteiger partial charge in [-0.15, -0.1) is 0 Å². The SMILES string of the molecule is Nc1ccc(C(=O)Cc2ccc(Cl)c(Cl)c2)c(Cl)c1. The van der Waals surface area contributed by atoms with Crippen LogP contribution in [0.25, 0.3) is 0 Å². The minimum Gasteiger partial charge on any atom is -0.399 e. The van der Waals surface area contributed by atoms with Crippen molar-refractivity contribution in [1.82, 2.24) is 0 Å². The van der Waals surface area contributed by atoms with Crippen molar-refractivity contribution >= 4 is 46.3 Å². The third kappa shape index (κ3) is 3.41.